The van der Waals surface area contributed by atoms with Gasteiger partial charge in [0, 0.05) is 11.4 Å². The van der Waals surface area contributed by atoms with Crippen molar-refractivity contribution in [2.45, 2.75) is 0 Å². The minimum Gasteiger partial charge on any atom is -0.635 e. The largest absolute Gasteiger partial charge is 1.00 e. The second-order valence-corrected chi connectivity index (χ2v) is 5.32. The number of hydrogen-bond acceptors (Lipinski definition) is 12. The third kappa shape index (κ3) is 4.92. The first-order valence-corrected chi connectivity index (χ1v) is 7.29. The second-order valence-electron chi connectivity index (χ2n) is 5.32. The van der Waals surface area contributed by atoms with Crippen LogP contribution in [-0.2, 0) is 22.4 Å². The monoisotopic (exact) mass is 545 g/mol. The van der Waals surface area contributed by atoms with Gasteiger partial charge >= 0.3 is 22.4 Å². The molecular formula is C12H4AgN7O12. The molecule has 0 N–H and O–H groups in total. The molecule has 2 rings (SSSR count). The Morgan fingerprint density at radius 2 is 0.688 bits per heavy atom. The molecule has 0 aliphatic carbocycles. The van der Waals surface area contributed by atoms with Crippen molar-refractivity contribution in [1.29, 1.82) is 0 Å². The number of benzene rings is 2. The summed E-state index contributed by atoms with van der Waals surface area (Å²) in [4.78, 5) is 59.2. The zero-order valence-electron chi connectivity index (χ0n) is 14.6. The summed E-state index contributed by atoms with van der Waals surface area (Å²) in [6.45, 7) is 0. The van der Waals surface area contributed by atoms with E-state index in [1.807, 2.05) is 0 Å². The molecule has 170 valence electrons. The van der Waals surface area contributed by atoms with Gasteiger partial charge in [0.15, 0.2) is 0 Å². The third-order valence-corrected chi connectivity index (χ3v) is 3.54. The van der Waals surface area contributed by atoms with Gasteiger partial charge in [-0.2, -0.15) is 0 Å². The van der Waals surface area contributed by atoms with Crippen LogP contribution in [-0.4, -0.2) is 29.5 Å². The average molecular weight is 546 g/mol. The van der Waals surface area contributed by atoms with E-state index in [1.54, 1.807) is 0 Å². The maximum Gasteiger partial charge on any atom is 1.00 e. The molecule has 2 aromatic rings. The quantitative estimate of drug-likeness (QED) is 0.261. The zero-order valence-corrected chi connectivity index (χ0v) is 16.1. The zero-order chi connectivity index (χ0) is 23.6. The topological polar surface area (TPSA) is 273 Å². The van der Waals surface area contributed by atoms with Crippen molar-refractivity contribution in [3.05, 3.63) is 90.3 Å². The van der Waals surface area contributed by atoms with Gasteiger partial charge in [-0.15, -0.1) is 0 Å². The van der Waals surface area contributed by atoms with Gasteiger partial charge in [-0.1, -0.05) is 0 Å². The van der Waals surface area contributed by atoms with Crippen LogP contribution in [0.25, 0.3) is 5.32 Å². The molecule has 0 aliphatic heterocycles. The van der Waals surface area contributed by atoms with Crippen molar-refractivity contribution < 1.29 is 51.9 Å². The van der Waals surface area contributed by atoms with E-state index in [0.29, 0.717) is 0 Å². The predicted octanol–water partition coefficient (Wildman–Crippen LogP) is 3.47. The molecule has 19 nitrogen and oxygen atoms in total. The van der Waals surface area contributed by atoms with E-state index in [1.165, 1.54) is 0 Å². The summed E-state index contributed by atoms with van der Waals surface area (Å²) < 4.78 is 0. The molecule has 0 saturated heterocycles. The van der Waals surface area contributed by atoms with Gasteiger partial charge in [-0.05, 0) is 0 Å². The molecule has 0 unspecified atom stereocenters. The van der Waals surface area contributed by atoms with Crippen LogP contribution in [0.2, 0.25) is 0 Å². The first kappa shape index (κ1) is 25.4. The minimum atomic E-state index is -1.36. The van der Waals surface area contributed by atoms with Crippen LogP contribution in [0.1, 0.15) is 0 Å². The summed E-state index contributed by atoms with van der Waals surface area (Å²) in [7, 11) is 0. The van der Waals surface area contributed by atoms with Crippen LogP contribution in [0, 0.1) is 60.7 Å². The Morgan fingerprint density at radius 3 is 0.844 bits per heavy atom. The van der Waals surface area contributed by atoms with Crippen molar-refractivity contribution in [3.63, 3.8) is 0 Å². The summed E-state index contributed by atoms with van der Waals surface area (Å²) in [6, 6.07) is 1.04. The molecule has 0 aromatic heterocycles. The number of hydrogen-bond donors (Lipinski definition) is 0. The molecule has 0 saturated carbocycles. The van der Waals surface area contributed by atoms with Crippen LogP contribution < -0.4 is 0 Å². The Kier molecular flexibility index (Phi) is 7.51. The molecule has 0 aliphatic rings. The fourth-order valence-electron chi connectivity index (χ4n) is 2.29. The van der Waals surface area contributed by atoms with Crippen molar-refractivity contribution in [1.82, 2.24) is 0 Å². The molecule has 2 aromatic carbocycles. The van der Waals surface area contributed by atoms with Crippen molar-refractivity contribution in [3.8, 4) is 0 Å². The number of nitrogens with zero attached hydrogens (tertiary/aromatic N) is 7. The van der Waals surface area contributed by atoms with Gasteiger partial charge in [0.1, 0.15) is 0 Å². The van der Waals surface area contributed by atoms with E-state index in [2.05, 4.69) is 5.32 Å². The normalized spacial score (nSPS) is 9.88. The van der Waals surface area contributed by atoms with Crippen LogP contribution in [0.15, 0.2) is 24.3 Å². The SMILES string of the molecule is O=[N+]([O-])c1cc([N+](=O)[O-])c([N-]c2c([N+](=O)[O-])cc([N+](=O)[O-])cc2[N+](=O)[O-])c([N+](=O)[O-])c1.[Ag+]. The van der Waals surface area contributed by atoms with Crippen LogP contribution in [0.3, 0.4) is 0 Å². The summed E-state index contributed by atoms with van der Waals surface area (Å²) in [6.07, 6.45) is 0. The fraction of sp³-hybridized carbons (Fsp3) is 0. The van der Waals surface area contributed by atoms with E-state index < -0.39 is 75.0 Å². The van der Waals surface area contributed by atoms with E-state index in [0.717, 1.165) is 0 Å². The molecule has 20 heteroatoms. The van der Waals surface area contributed by atoms with Gasteiger partial charge in [0.25, 0.3) is 34.1 Å². The third-order valence-electron chi connectivity index (χ3n) is 3.54. The standard InChI is InChI=1S/C12H4N7O12.Ag/c20-14(21)5-1-7(16(24)25)11(8(2-5)17(26)27)13-12-9(18(28)29)3-6(15(22)23)4-10(12)19(30)31;/h1-4H;/q-1;+1. The fourth-order valence-corrected chi connectivity index (χ4v) is 2.29. The first-order valence-electron chi connectivity index (χ1n) is 7.29. The molecule has 0 radical (unpaired) electrons. The molecule has 0 amide bonds. The average Bonchev–Trinajstić information content (AvgIpc) is 2.66. The van der Waals surface area contributed by atoms with E-state index >= 15 is 0 Å². The number of non-ortho nitro benzene ring substituents is 2. The van der Waals surface area contributed by atoms with E-state index in [-0.39, 0.29) is 46.6 Å². The van der Waals surface area contributed by atoms with Gasteiger partial charge in [-0.25, -0.2) is 0 Å². The smallest absolute Gasteiger partial charge is 0.635 e. The maximum atomic E-state index is 11.3. The maximum absolute atomic E-state index is 11.3. The number of nitro groups is 6. The minimum absolute atomic E-state index is 0. The van der Waals surface area contributed by atoms with Crippen molar-refractivity contribution >= 4 is 45.5 Å². The van der Waals surface area contributed by atoms with Crippen LogP contribution in [0.5, 0.6) is 0 Å². The Bertz CT molecular complexity index is 1040. The van der Waals surface area contributed by atoms with Crippen LogP contribution >= 0.6 is 0 Å². The molecular weight excluding hydrogens is 542 g/mol. The van der Waals surface area contributed by atoms with Crippen molar-refractivity contribution in [2.24, 2.45) is 0 Å². The van der Waals surface area contributed by atoms with Gasteiger partial charge in [0.05, 0.1) is 53.8 Å². The Morgan fingerprint density at radius 1 is 0.469 bits per heavy atom. The summed E-state index contributed by atoms with van der Waals surface area (Å²) in [5, 5.41) is 70.2. The summed E-state index contributed by atoms with van der Waals surface area (Å²) in [5.74, 6) is 0. The molecule has 0 fully saturated rings. The second kappa shape index (κ2) is 9.46. The molecule has 0 heterocycles. The molecule has 0 bridgehead atoms. The summed E-state index contributed by atoms with van der Waals surface area (Å²) in [5.41, 5.74) is -10.2. The molecule has 0 spiro atoms. The predicted molar refractivity (Wildman–Crippen MR) is 95.5 cm³/mol. The number of nitro benzene ring substituents is 6. The van der Waals surface area contributed by atoms with E-state index in [4.69, 9.17) is 0 Å². The number of rotatable bonds is 8. The molecule has 32 heavy (non-hydrogen) atoms. The van der Waals surface area contributed by atoms with E-state index in [9.17, 15) is 60.7 Å². The Hall–Kier alpha value is -4.62. The van der Waals surface area contributed by atoms with Gasteiger partial charge in [-0.3, -0.25) is 60.7 Å². The Balaban J connectivity index is 0.00000512. The van der Waals surface area contributed by atoms with Gasteiger partial charge in [0.2, 0.25) is 0 Å². The van der Waals surface area contributed by atoms with Gasteiger partial charge < -0.3 is 5.32 Å². The summed E-state index contributed by atoms with van der Waals surface area (Å²) >= 11 is 0. The molecule has 0 atom stereocenters. The first-order chi connectivity index (χ1) is 14.3. The van der Waals surface area contributed by atoms with Crippen LogP contribution in [0.4, 0.5) is 45.5 Å². The Labute approximate surface area is 188 Å². The van der Waals surface area contributed by atoms with Crippen molar-refractivity contribution in [2.75, 3.05) is 0 Å².